The van der Waals surface area contributed by atoms with Crippen LogP contribution in [0.15, 0.2) is 211 Å². The molecule has 51 heteroatoms. The standard InChI is InChI=1S/4C15H15N2O2.C2Cl3.2C2H4O2.2CHCl3.2Fe.2Gd.4NO3.2Zn/c4*1-11(12-6-3-4-7-12)17-16-10-13-8-5-9-14(19-2)15(13)18;3-1-2(3,4-1)5-1;2*1-2(3)4;2*2-1(3)4;;;;;4*2-1(3)4;;/h4*3-10,18H,1-2H3;;2*1H3,(H,3,4);2*1H;;;;;;;;;;/q4*-1;+3;;;;;4*+2;4*-1;;+2/p-6/b4*16-10+,17-11+;;;;;;;;;;;;;;;. The number of carbonyl (C=O) groups is 2. The van der Waals surface area contributed by atoms with Crippen molar-refractivity contribution in [2.24, 2.45) is 40.8 Å². The van der Waals surface area contributed by atoms with E-state index in [1.165, 1.54) is 53.3 Å². The molecule has 36 nitrogen and oxygen atoms in total. The zero-order valence-corrected chi connectivity index (χ0v) is 82.5. The summed E-state index contributed by atoms with van der Waals surface area (Å²) < 4.78 is 19.6. The van der Waals surface area contributed by atoms with Gasteiger partial charge in [0.2, 0.25) is 0 Å². The number of ether oxygens (including phenoxy) is 4. The van der Waals surface area contributed by atoms with E-state index >= 15 is 0 Å². The Morgan fingerprint density at radius 1 is 0.403 bits per heavy atom. The predicted molar refractivity (Wildman–Crippen MR) is 408 cm³/mol. The van der Waals surface area contributed by atoms with Gasteiger partial charge in [-0.15, -0.1) is 34.9 Å². The fourth-order valence-electron chi connectivity index (χ4n) is 6.99. The number of methoxy groups -OCH3 is 4. The monoisotopic (exact) mass is 2300 g/mol. The van der Waals surface area contributed by atoms with E-state index in [2.05, 4.69) is 73.2 Å². The molecule has 0 radical (unpaired) electrons. The van der Waals surface area contributed by atoms with Gasteiger partial charge in [0, 0.05) is 37.1 Å². The normalized spacial score (nSPS) is 13.3. The summed E-state index contributed by atoms with van der Waals surface area (Å²) in [6, 6.07) is 51.4. The molecule has 0 bridgehead atoms. The van der Waals surface area contributed by atoms with Crippen LogP contribution in [0.3, 0.4) is 0 Å². The molecule has 0 aliphatic carbocycles. The van der Waals surface area contributed by atoms with E-state index in [4.69, 9.17) is 170 Å². The first kappa shape index (κ1) is 128. The Hall–Kier alpha value is -6.67. The average molecular weight is 2310 g/mol. The van der Waals surface area contributed by atoms with Crippen LogP contribution in [0.4, 0.5) is 0 Å². The smallest absolute Gasteiger partial charge is 0.870 e. The molecule has 0 aromatic heterocycles. The summed E-state index contributed by atoms with van der Waals surface area (Å²) in [6.45, 7) is 9.43. The molecule has 0 saturated carbocycles. The van der Waals surface area contributed by atoms with E-state index in [-0.39, 0.29) is 176 Å². The molecule has 3 heterocycles. The summed E-state index contributed by atoms with van der Waals surface area (Å²) in [6.07, 6.45) is 5.77. The van der Waals surface area contributed by atoms with Crippen LogP contribution in [-0.2, 0) is 82.7 Å². The number of alkyl halides is 12. The van der Waals surface area contributed by atoms with Crippen molar-refractivity contribution >= 4 is 129 Å². The molecule has 0 atom stereocenters. The Bertz CT molecular complexity index is 3860. The average Bonchev–Trinajstić information content (AvgIpc) is 1.39. The fourth-order valence-corrected chi connectivity index (χ4v) is 11.7. The molecular weight excluding hydrogens is 2240 g/mol. The first-order valence-electron chi connectivity index (χ1n) is 30.1. The first-order valence-corrected chi connectivity index (χ1v) is 35.0. The van der Waals surface area contributed by atoms with Crippen LogP contribution in [0, 0.1) is 174 Å². The molecule has 3 aliphatic heterocycles. The van der Waals surface area contributed by atoms with Gasteiger partial charge < -0.3 is 120 Å². The van der Waals surface area contributed by atoms with Crippen molar-refractivity contribution < 1.29 is 265 Å². The largest absolute Gasteiger partial charge is 2.00 e. The summed E-state index contributed by atoms with van der Waals surface area (Å²) in [4.78, 5) is 50.8. The maximum atomic E-state index is 11.8. The molecule has 8 aromatic carbocycles. The topological polar surface area (TPSA) is 573 Å². The number of halogens is 9. The molecule has 11 rings (SSSR count). The van der Waals surface area contributed by atoms with Crippen molar-refractivity contribution in [3.63, 3.8) is 0 Å². The van der Waals surface area contributed by atoms with Gasteiger partial charge >= 0.3 is 173 Å². The SMILES string of the molecule is CC(=O)[O-].CC(=O)[O-].COc1cccc(/C=N/N=C(\C)c2cc[cH-]c2)c1[O-].COc1cccc(/C=N/N=C(\C)c2ccc[cH-]2)c1[O-].COc1cccc(/C=N/N=C(\C)c2ccc[cH-]2)c1[O-].COc1cccc(/C=N/N=C(\C)c2ccc[cH-]2)c1[O-].ClC(Cl)Cl.ClC(Cl)Cl.O=[N+]([O-])[O-].O=[N+]([O-])[O-].O=[N+]([O-])[O-].O=[N+]([O-])[O-].[Cl+]1C23[Cl+]C12[Cl+]3.[Fe+2].[Fe+2].[Gd+2].[Gd+2].[Zn+2].[Zn]. The van der Waals surface area contributed by atoms with Gasteiger partial charge in [-0.2, -0.15) is 104 Å². The van der Waals surface area contributed by atoms with E-state index in [1.807, 2.05) is 125 Å². The van der Waals surface area contributed by atoms with Crippen molar-refractivity contribution in [2.75, 3.05) is 28.4 Å². The third kappa shape index (κ3) is 62.1. The first-order chi connectivity index (χ1) is 53.1. The van der Waals surface area contributed by atoms with E-state index in [9.17, 15) is 20.4 Å². The predicted octanol–water partition coefficient (Wildman–Crippen LogP) is 9.43. The number of hydrogen-bond acceptors (Lipinski definition) is 32. The van der Waals surface area contributed by atoms with Crippen LogP contribution in [0.25, 0.3) is 0 Å². The van der Waals surface area contributed by atoms with Gasteiger partial charge in [-0.3, -0.25) is 0 Å². The van der Waals surface area contributed by atoms with Crippen LogP contribution in [0.2, 0.25) is 0 Å². The van der Waals surface area contributed by atoms with Crippen molar-refractivity contribution in [3.05, 3.63) is 276 Å². The maximum absolute atomic E-state index is 11.8. The Balaban J connectivity index is -0.000000198. The second-order valence-electron chi connectivity index (χ2n) is 19.6. The van der Waals surface area contributed by atoms with E-state index in [1.54, 1.807) is 72.8 Å². The molecule has 8 aromatic rings. The van der Waals surface area contributed by atoms with Gasteiger partial charge in [0.1, 0.15) is 23.0 Å². The minimum atomic E-state index is -1.75. The second kappa shape index (κ2) is 72.9. The quantitative estimate of drug-likeness (QED) is 0.0217. The maximum Gasteiger partial charge on any atom is 2.00 e. The van der Waals surface area contributed by atoms with E-state index in [0.29, 0.717) is 52.8 Å². The Morgan fingerprint density at radius 3 is 0.748 bits per heavy atom. The number of carboxylic acid groups (broad SMARTS) is 2. The van der Waals surface area contributed by atoms with Crippen molar-refractivity contribution in [1.82, 2.24) is 0 Å². The van der Waals surface area contributed by atoms with Gasteiger partial charge in [0.25, 0.3) is 0 Å². The van der Waals surface area contributed by atoms with Crippen LogP contribution in [0.5, 0.6) is 46.0 Å². The van der Waals surface area contributed by atoms with Gasteiger partial charge in [-0.1, -0.05) is 162 Å². The summed E-state index contributed by atoms with van der Waals surface area (Å²) >= 11 is 28.8. The summed E-state index contributed by atoms with van der Waals surface area (Å²) in [7, 11) is 13.2. The molecule has 640 valence electrons. The van der Waals surface area contributed by atoms with Gasteiger partial charge in [-0.25, -0.2) is 21.4 Å². The van der Waals surface area contributed by atoms with Crippen LogP contribution >= 0.6 is 69.6 Å². The molecule has 3 saturated heterocycles. The summed E-state index contributed by atoms with van der Waals surface area (Å²) in [5, 5.41) is 156. The molecule has 3 aliphatic rings. The number of benzene rings is 4. The van der Waals surface area contributed by atoms with Crippen molar-refractivity contribution in [2.45, 2.75) is 57.7 Å². The Morgan fingerprint density at radius 2 is 0.597 bits per heavy atom. The van der Waals surface area contributed by atoms with E-state index < -0.39 is 40.9 Å². The zero-order chi connectivity index (χ0) is 86.4. The zero-order valence-electron chi connectivity index (χ0n) is 63.0. The van der Waals surface area contributed by atoms with Crippen LogP contribution in [0.1, 0.15) is 86.1 Å². The second-order valence-corrected chi connectivity index (χ2v) is 28.7. The Labute approximate surface area is 832 Å². The number of hydrogen-bond donors (Lipinski definition) is 0. The third-order valence-corrected chi connectivity index (χ3v) is 17.5. The van der Waals surface area contributed by atoms with Crippen molar-refractivity contribution in [1.29, 1.82) is 0 Å². The number of para-hydroxylation sites is 4. The molecule has 0 spiro atoms. The summed E-state index contributed by atoms with van der Waals surface area (Å²) in [5.74, 6) is -1.68. The number of carbonyl (C=O) groups excluding carboxylic acids is 2. The van der Waals surface area contributed by atoms with Gasteiger partial charge in [0.05, 0.1) is 73.6 Å². The van der Waals surface area contributed by atoms with Crippen LogP contribution < -0.4 is 49.6 Å². The van der Waals surface area contributed by atoms with E-state index in [0.717, 1.165) is 58.9 Å². The number of nitrogens with zero attached hydrogens (tertiary/aromatic N) is 12. The summed E-state index contributed by atoms with van der Waals surface area (Å²) in [5.41, 5.74) is 9.11. The minimum absolute atomic E-state index is 0. The fraction of sp³-hybridized carbons (Fsp3) is 0.206. The number of rotatable bonds is 16. The van der Waals surface area contributed by atoms with Crippen LogP contribution in [-0.4, -0.2) is 125 Å². The minimum Gasteiger partial charge on any atom is -0.870 e. The molecule has 3 fully saturated rings. The molecular formula is C68H64Cl9Fe2Gd2N12O24Zn2-. The third-order valence-electron chi connectivity index (χ3n) is 11.8. The Kier molecular flexibility index (Phi) is 78.4. The molecule has 0 N–H and O–H groups in total. The van der Waals surface area contributed by atoms with Gasteiger partial charge in [0.15, 0.2) is 8.59 Å². The van der Waals surface area contributed by atoms with Crippen molar-refractivity contribution in [3.8, 4) is 46.0 Å². The number of aliphatic carboxylic acids is 2. The molecule has 119 heavy (non-hydrogen) atoms. The number of carboxylic acids is 2. The molecule has 0 unspecified atom stereocenters. The van der Waals surface area contributed by atoms with Gasteiger partial charge in [-0.05, 0) is 84.4 Å². The molecule has 0 amide bonds.